The zero-order chi connectivity index (χ0) is 23.6. The van der Waals surface area contributed by atoms with Crippen molar-refractivity contribution in [2.24, 2.45) is 0 Å². The van der Waals surface area contributed by atoms with Gasteiger partial charge < -0.3 is 0 Å². The Morgan fingerprint density at radius 2 is 0.686 bits per heavy atom. The van der Waals surface area contributed by atoms with E-state index in [4.69, 9.17) is 0 Å². The third-order valence-electron chi connectivity index (χ3n) is 6.87. The maximum Gasteiger partial charge on any atom is -0.00268 e. The van der Waals surface area contributed by atoms with Crippen molar-refractivity contribution in [1.82, 2.24) is 0 Å². The number of benzene rings is 7. The smallest absolute Gasteiger partial charge is 0.00268 e. The molecule has 0 radical (unpaired) electrons. The minimum atomic E-state index is 1.28. The molecule has 0 nitrogen and oxygen atoms in total. The molecule has 166 valence electrons. The number of rotatable bonds is 1. The van der Waals surface area contributed by atoms with Crippen LogP contribution in [0.4, 0.5) is 0 Å². The number of hydrogen-bond acceptors (Lipinski definition) is 0. The molecule has 35 heavy (non-hydrogen) atoms. The Hall–Kier alpha value is -4.42. The zero-order valence-electron chi connectivity index (χ0n) is 19.8. The minimum Gasteiger partial charge on any atom is -0.0622 e. The number of fused-ring (bicyclic) bond motifs is 4. The summed E-state index contributed by atoms with van der Waals surface area (Å²) in [5.41, 5.74) is 3.99. The van der Waals surface area contributed by atoms with E-state index in [-0.39, 0.29) is 0 Å². The lowest BCUT2D eigenvalue weighted by atomic mass is 9.92. The fourth-order valence-electron chi connectivity index (χ4n) is 5.17. The van der Waals surface area contributed by atoms with Gasteiger partial charge in [-0.25, -0.2) is 0 Å². The first-order valence-electron chi connectivity index (χ1n) is 12.1. The molecule has 0 aliphatic carbocycles. The van der Waals surface area contributed by atoms with Crippen LogP contribution in [-0.4, -0.2) is 0 Å². The van der Waals surface area contributed by atoms with Crippen molar-refractivity contribution in [3.05, 3.63) is 145 Å². The Morgan fingerprint density at radius 3 is 1.14 bits per heavy atom. The second-order valence-corrected chi connectivity index (χ2v) is 9.00. The second-order valence-electron chi connectivity index (χ2n) is 9.00. The third-order valence-corrected chi connectivity index (χ3v) is 6.87. The first kappa shape index (κ1) is 21.1. The van der Waals surface area contributed by atoms with Crippen molar-refractivity contribution < 1.29 is 0 Å². The van der Waals surface area contributed by atoms with Crippen LogP contribution in [0.1, 0.15) is 5.56 Å². The predicted octanol–water partition coefficient (Wildman–Crippen LogP) is 9.96. The van der Waals surface area contributed by atoms with Crippen molar-refractivity contribution in [2.75, 3.05) is 0 Å². The first-order valence-corrected chi connectivity index (χ1v) is 12.1. The van der Waals surface area contributed by atoms with Crippen LogP contribution >= 0.6 is 0 Å². The van der Waals surface area contributed by atoms with E-state index < -0.39 is 0 Å². The van der Waals surface area contributed by atoms with Gasteiger partial charge in [0.05, 0.1) is 0 Å². The van der Waals surface area contributed by atoms with E-state index in [9.17, 15) is 0 Å². The molecule has 7 rings (SSSR count). The summed E-state index contributed by atoms with van der Waals surface area (Å²) in [7, 11) is 0. The van der Waals surface area contributed by atoms with Gasteiger partial charge in [0.25, 0.3) is 0 Å². The van der Waals surface area contributed by atoms with Gasteiger partial charge in [0, 0.05) is 0 Å². The van der Waals surface area contributed by atoms with E-state index in [1.165, 1.54) is 59.8 Å². The van der Waals surface area contributed by atoms with Crippen molar-refractivity contribution >= 4 is 43.1 Å². The van der Waals surface area contributed by atoms with Gasteiger partial charge in [-0.1, -0.05) is 127 Å². The molecule has 0 bridgehead atoms. The van der Waals surface area contributed by atoms with Crippen LogP contribution in [-0.2, 0) is 0 Å². The molecule has 0 aliphatic heterocycles. The summed E-state index contributed by atoms with van der Waals surface area (Å²) in [5.74, 6) is 0. The van der Waals surface area contributed by atoms with Gasteiger partial charge in [0.1, 0.15) is 0 Å². The molecular formula is C35H26. The predicted molar refractivity (Wildman–Crippen MR) is 153 cm³/mol. The van der Waals surface area contributed by atoms with Crippen molar-refractivity contribution in [3.63, 3.8) is 0 Å². The lowest BCUT2D eigenvalue weighted by Gasteiger charge is -2.11. The van der Waals surface area contributed by atoms with E-state index >= 15 is 0 Å². The van der Waals surface area contributed by atoms with Crippen molar-refractivity contribution in [1.29, 1.82) is 0 Å². The maximum absolute atomic E-state index is 2.27. The quantitative estimate of drug-likeness (QED) is 0.220. The molecule has 0 heterocycles. The van der Waals surface area contributed by atoms with Gasteiger partial charge in [-0.2, -0.15) is 0 Å². The van der Waals surface area contributed by atoms with Gasteiger partial charge in [-0.05, 0) is 78.8 Å². The van der Waals surface area contributed by atoms with E-state index in [0.29, 0.717) is 0 Å². The van der Waals surface area contributed by atoms with Gasteiger partial charge in [-0.3, -0.25) is 0 Å². The molecule has 0 saturated carbocycles. The molecule has 7 aromatic carbocycles. The molecule has 0 saturated heterocycles. The molecule has 7 aromatic rings. The molecule has 0 unspecified atom stereocenters. The van der Waals surface area contributed by atoms with E-state index in [2.05, 4.69) is 146 Å². The van der Waals surface area contributed by atoms with Gasteiger partial charge in [-0.15, -0.1) is 0 Å². The lowest BCUT2D eigenvalue weighted by Crippen LogP contribution is -1.84. The Kier molecular flexibility index (Phi) is 5.48. The van der Waals surface area contributed by atoms with E-state index in [1.807, 2.05) is 0 Å². The number of aryl methyl sites for hydroxylation is 1. The zero-order valence-corrected chi connectivity index (χ0v) is 19.8. The number of hydrogen-bond donors (Lipinski definition) is 0. The van der Waals surface area contributed by atoms with Crippen LogP contribution in [0.25, 0.3) is 54.2 Å². The molecule has 0 spiro atoms. The summed E-state index contributed by atoms with van der Waals surface area (Å²) in [4.78, 5) is 0. The summed E-state index contributed by atoms with van der Waals surface area (Å²) in [6, 6.07) is 49.5. The fraction of sp³-hybridized carbons (Fsp3) is 0.0286. The van der Waals surface area contributed by atoms with Crippen LogP contribution in [0.2, 0.25) is 0 Å². The summed E-state index contributed by atoms with van der Waals surface area (Å²) in [5, 5.41) is 10.6. The van der Waals surface area contributed by atoms with Gasteiger partial charge in [0.2, 0.25) is 0 Å². The maximum atomic E-state index is 2.27. The van der Waals surface area contributed by atoms with Crippen LogP contribution < -0.4 is 0 Å². The third kappa shape index (κ3) is 3.94. The van der Waals surface area contributed by atoms with Crippen LogP contribution in [0.5, 0.6) is 0 Å². The Labute approximate surface area is 206 Å². The van der Waals surface area contributed by atoms with Gasteiger partial charge >= 0.3 is 0 Å². The molecule has 0 aliphatic rings. The van der Waals surface area contributed by atoms with Crippen LogP contribution in [0.15, 0.2) is 140 Å². The molecule has 0 fully saturated rings. The minimum absolute atomic E-state index is 1.28. The highest BCUT2D eigenvalue weighted by Crippen LogP contribution is 2.36. The Morgan fingerprint density at radius 1 is 0.343 bits per heavy atom. The molecule has 0 N–H and O–H groups in total. The Balaban J connectivity index is 0.000000136. The summed E-state index contributed by atoms with van der Waals surface area (Å²) >= 11 is 0. The molecule has 0 aromatic heterocycles. The molecule has 0 atom stereocenters. The molecule has 0 amide bonds. The SMILES string of the molecule is Cc1c2ccccc2cc2ccccc12.c1ccc(-c2c3ccccc3cc3ccccc23)cc1. The molecular weight excluding hydrogens is 420 g/mol. The summed E-state index contributed by atoms with van der Waals surface area (Å²) in [6.07, 6.45) is 0. The van der Waals surface area contributed by atoms with E-state index in [1.54, 1.807) is 0 Å². The highest BCUT2D eigenvalue weighted by Gasteiger charge is 2.08. The standard InChI is InChI=1S/C20H14.C15H12/c1-2-8-15(9-3-1)20-18-12-6-4-10-16(18)14-17-11-5-7-13-19(17)20;1-11-14-8-4-2-6-12(14)10-13-7-3-5-9-15(11)13/h1-14H;2-10H,1H3. The highest BCUT2D eigenvalue weighted by atomic mass is 14.1. The van der Waals surface area contributed by atoms with Crippen molar-refractivity contribution in [3.8, 4) is 11.1 Å². The monoisotopic (exact) mass is 446 g/mol. The second kappa shape index (κ2) is 9.08. The van der Waals surface area contributed by atoms with Crippen LogP contribution in [0, 0.1) is 6.92 Å². The normalized spacial score (nSPS) is 11.0. The average Bonchev–Trinajstić information content (AvgIpc) is 2.93. The van der Waals surface area contributed by atoms with Gasteiger partial charge in [0.15, 0.2) is 0 Å². The van der Waals surface area contributed by atoms with Crippen molar-refractivity contribution in [2.45, 2.75) is 6.92 Å². The lowest BCUT2D eigenvalue weighted by molar-refractivity contribution is 1.58. The average molecular weight is 447 g/mol. The summed E-state index contributed by atoms with van der Waals surface area (Å²) < 4.78 is 0. The topological polar surface area (TPSA) is 0 Å². The molecule has 0 heteroatoms. The highest BCUT2D eigenvalue weighted by molar-refractivity contribution is 6.12. The first-order chi connectivity index (χ1) is 17.3. The summed E-state index contributed by atoms with van der Waals surface area (Å²) in [6.45, 7) is 2.20. The largest absolute Gasteiger partial charge is 0.0622 e. The van der Waals surface area contributed by atoms with E-state index in [0.717, 1.165) is 0 Å². The van der Waals surface area contributed by atoms with Crippen LogP contribution in [0.3, 0.4) is 0 Å². The fourth-order valence-corrected chi connectivity index (χ4v) is 5.17. The Bertz CT molecular complexity index is 1680.